The number of aliphatic imine (C=N–C) groups is 1. The summed E-state index contributed by atoms with van der Waals surface area (Å²) in [5.74, 6) is 0.698. The van der Waals surface area contributed by atoms with Gasteiger partial charge in [0.05, 0.1) is 0 Å². The van der Waals surface area contributed by atoms with Crippen LogP contribution in [0.15, 0.2) is 29.3 Å². The molecule has 4 nitrogen and oxygen atoms in total. The van der Waals surface area contributed by atoms with Crippen LogP contribution < -0.4 is 10.6 Å². The van der Waals surface area contributed by atoms with Crippen LogP contribution in [-0.4, -0.2) is 50.1 Å². The Bertz CT molecular complexity index is 565. The smallest absolute Gasteiger partial charge is 0.191 e. The second kappa shape index (κ2) is 7.51. The fourth-order valence-corrected chi connectivity index (χ4v) is 3.75. The summed E-state index contributed by atoms with van der Waals surface area (Å²) in [7, 11) is 1.82. The van der Waals surface area contributed by atoms with Crippen molar-refractivity contribution in [2.45, 2.75) is 44.1 Å². The summed E-state index contributed by atoms with van der Waals surface area (Å²) in [6, 6.07) is 7.56. The number of rotatable bonds is 6. The van der Waals surface area contributed by atoms with Gasteiger partial charge < -0.3 is 10.6 Å². The molecule has 2 N–H and O–H groups in total. The van der Waals surface area contributed by atoms with E-state index in [1.54, 1.807) is 12.1 Å². The van der Waals surface area contributed by atoms with Crippen molar-refractivity contribution in [2.75, 3.05) is 33.2 Å². The van der Waals surface area contributed by atoms with E-state index in [1.807, 2.05) is 19.2 Å². The van der Waals surface area contributed by atoms with Crippen molar-refractivity contribution < 1.29 is 4.39 Å². The van der Waals surface area contributed by atoms with Crippen molar-refractivity contribution in [1.29, 1.82) is 0 Å². The van der Waals surface area contributed by atoms with Crippen LogP contribution in [0.2, 0.25) is 0 Å². The Kier molecular flexibility index (Phi) is 5.39. The number of guanidine groups is 1. The molecule has 0 bridgehead atoms. The third-order valence-corrected chi connectivity index (χ3v) is 5.54. The van der Waals surface area contributed by atoms with E-state index >= 15 is 0 Å². The summed E-state index contributed by atoms with van der Waals surface area (Å²) in [6.07, 6.45) is 4.85. The van der Waals surface area contributed by atoms with E-state index in [9.17, 15) is 4.39 Å². The van der Waals surface area contributed by atoms with Crippen LogP contribution >= 0.6 is 0 Å². The number of likely N-dealkylation sites (N-methyl/N-ethyl adjacent to an activating group) is 1. The van der Waals surface area contributed by atoms with Crippen molar-refractivity contribution in [1.82, 2.24) is 15.5 Å². The predicted molar refractivity (Wildman–Crippen MR) is 96.9 cm³/mol. The Labute approximate surface area is 144 Å². The average molecular weight is 332 g/mol. The van der Waals surface area contributed by atoms with E-state index < -0.39 is 0 Å². The third-order valence-electron chi connectivity index (χ3n) is 5.54. The monoisotopic (exact) mass is 332 g/mol. The minimum Gasteiger partial charge on any atom is -0.356 e. The third kappa shape index (κ3) is 3.89. The number of benzene rings is 1. The molecule has 1 aliphatic carbocycles. The number of hydrogen-bond donors (Lipinski definition) is 2. The standard InChI is InChI=1S/C19H29FN4/c1-3-24-12-4-5-17(24)13-22-18(21-2)23-14-19(10-11-19)15-6-8-16(20)9-7-15/h6-9,17H,3-5,10-14H2,1-2H3,(H2,21,22,23). The maximum atomic E-state index is 13.1. The van der Waals surface area contributed by atoms with E-state index in [0.717, 1.165) is 38.4 Å². The molecule has 0 spiro atoms. The molecule has 2 aliphatic rings. The van der Waals surface area contributed by atoms with E-state index in [-0.39, 0.29) is 11.2 Å². The summed E-state index contributed by atoms with van der Waals surface area (Å²) in [5.41, 5.74) is 1.37. The molecule has 1 heterocycles. The van der Waals surface area contributed by atoms with E-state index in [1.165, 1.54) is 24.9 Å². The van der Waals surface area contributed by atoms with Gasteiger partial charge >= 0.3 is 0 Å². The van der Waals surface area contributed by atoms with Gasteiger partial charge in [-0.15, -0.1) is 0 Å². The molecule has 2 fully saturated rings. The quantitative estimate of drug-likeness (QED) is 0.621. The summed E-state index contributed by atoms with van der Waals surface area (Å²) < 4.78 is 13.1. The molecule has 3 rings (SSSR count). The number of likely N-dealkylation sites (tertiary alicyclic amines) is 1. The summed E-state index contributed by atoms with van der Waals surface area (Å²) in [6.45, 7) is 6.34. The second-order valence-corrected chi connectivity index (χ2v) is 7.02. The van der Waals surface area contributed by atoms with E-state index in [4.69, 9.17) is 0 Å². The van der Waals surface area contributed by atoms with Gasteiger partial charge in [0.2, 0.25) is 0 Å². The first-order valence-corrected chi connectivity index (χ1v) is 9.11. The van der Waals surface area contributed by atoms with Crippen molar-refractivity contribution in [3.63, 3.8) is 0 Å². The molecule has 0 radical (unpaired) electrons. The highest BCUT2D eigenvalue weighted by molar-refractivity contribution is 5.79. The molecule has 24 heavy (non-hydrogen) atoms. The molecule has 1 atom stereocenters. The minimum absolute atomic E-state index is 0.147. The Morgan fingerprint density at radius 2 is 2.04 bits per heavy atom. The van der Waals surface area contributed by atoms with Crippen molar-refractivity contribution in [3.05, 3.63) is 35.6 Å². The first-order valence-electron chi connectivity index (χ1n) is 9.11. The fourth-order valence-electron chi connectivity index (χ4n) is 3.75. The van der Waals surface area contributed by atoms with Gasteiger partial charge in [-0.2, -0.15) is 0 Å². The van der Waals surface area contributed by atoms with Crippen LogP contribution in [0.1, 0.15) is 38.2 Å². The van der Waals surface area contributed by atoms with Crippen LogP contribution in [0.3, 0.4) is 0 Å². The Morgan fingerprint density at radius 1 is 1.29 bits per heavy atom. The molecule has 1 saturated carbocycles. The SMILES string of the molecule is CCN1CCCC1CNC(=NC)NCC1(c2ccc(F)cc2)CC1. The van der Waals surface area contributed by atoms with Crippen molar-refractivity contribution in [2.24, 2.45) is 4.99 Å². The first-order chi connectivity index (χ1) is 11.7. The van der Waals surface area contributed by atoms with E-state index in [2.05, 4.69) is 27.4 Å². The molecule has 0 amide bonds. The lowest BCUT2D eigenvalue weighted by Crippen LogP contribution is -2.46. The van der Waals surface area contributed by atoms with Gasteiger partial charge in [0.1, 0.15) is 5.82 Å². The average Bonchev–Trinajstić information content (AvgIpc) is 3.25. The molecule has 1 saturated heterocycles. The van der Waals surface area contributed by atoms with Gasteiger partial charge in [-0.1, -0.05) is 19.1 Å². The highest BCUT2D eigenvalue weighted by Gasteiger charge is 2.44. The van der Waals surface area contributed by atoms with Crippen LogP contribution in [0, 0.1) is 5.82 Å². The van der Waals surface area contributed by atoms with Gasteiger partial charge in [0.25, 0.3) is 0 Å². The summed E-state index contributed by atoms with van der Waals surface area (Å²) in [4.78, 5) is 6.88. The van der Waals surface area contributed by atoms with Gasteiger partial charge in [-0.25, -0.2) is 4.39 Å². The van der Waals surface area contributed by atoms with Gasteiger partial charge in [0.15, 0.2) is 5.96 Å². The van der Waals surface area contributed by atoms with Gasteiger partial charge in [0, 0.05) is 31.6 Å². The molecule has 132 valence electrons. The molecule has 1 unspecified atom stereocenters. The number of nitrogens with zero attached hydrogens (tertiary/aromatic N) is 2. The first kappa shape index (κ1) is 17.2. The highest BCUT2D eigenvalue weighted by atomic mass is 19.1. The topological polar surface area (TPSA) is 39.7 Å². The van der Waals surface area contributed by atoms with Crippen molar-refractivity contribution in [3.8, 4) is 0 Å². The maximum Gasteiger partial charge on any atom is 0.191 e. The highest BCUT2D eigenvalue weighted by Crippen LogP contribution is 2.47. The Hall–Kier alpha value is -1.62. The predicted octanol–water partition coefficient (Wildman–Crippen LogP) is 2.51. The van der Waals surface area contributed by atoms with E-state index in [0.29, 0.717) is 6.04 Å². The zero-order chi connectivity index (χ0) is 17.0. The largest absolute Gasteiger partial charge is 0.356 e. The Balaban J connectivity index is 1.50. The van der Waals surface area contributed by atoms with Crippen LogP contribution in [0.4, 0.5) is 4.39 Å². The molecule has 1 aromatic rings. The zero-order valence-electron chi connectivity index (χ0n) is 14.8. The molecule has 5 heteroatoms. The zero-order valence-corrected chi connectivity index (χ0v) is 14.8. The lowest BCUT2D eigenvalue weighted by molar-refractivity contribution is 0.267. The molecule has 1 aliphatic heterocycles. The van der Waals surface area contributed by atoms with Crippen LogP contribution in [0.5, 0.6) is 0 Å². The maximum absolute atomic E-state index is 13.1. The number of hydrogen-bond acceptors (Lipinski definition) is 2. The lowest BCUT2D eigenvalue weighted by atomic mass is 9.96. The molecular weight excluding hydrogens is 303 g/mol. The fraction of sp³-hybridized carbons (Fsp3) is 0.632. The molecule has 1 aromatic carbocycles. The molecular formula is C19H29FN4. The lowest BCUT2D eigenvalue weighted by Gasteiger charge is -2.24. The second-order valence-electron chi connectivity index (χ2n) is 7.02. The van der Waals surface area contributed by atoms with Crippen LogP contribution in [0.25, 0.3) is 0 Å². The number of nitrogens with one attached hydrogen (secondary N) is 2. The number of halogens is 1. The summed E-state index contributed by atoms with van der Waals surface area (Å²) in [5, 5.41) is 6.94. The minimum atomic E-state index is -0.169. The van der Waals surface area contributed by atoms with Gasteiger partial charge in [-0.05, 0) is 56.5 Å². The molecule has 0 aromatic heterocycles. The van der Waals surface area contributed by atoms with Crippen molar-refractivity contribution >= 4 is 5.96 Å². The summed E-state index contributed by atoms with van der Waals surface area (Å²) >= 11 is 0. The van der Waals surface area contributed by atoms with Crippen LogP contribution in [-0.2, 0) is 5.41 Å². The Morgan fingerprint density at radius 3 is 2.67 bits per heavy atom. The van der Waals surface area contributed by atoms with Gasteiger partial charge in [-0.3, -0.25) is 9.89 Å². The normalized spacial score (nSPS) is 23.3.